The number of thioether (sulfide) groups is 1. The highest BCUT2D eigenvalue weighted by Crippen LogP contribution is 2.36. The third-order valence-electron chi connectivity index (χ3n) is 6.04. The first-order valence-electron chi connectivity index (χ1n) is 10.9. The van der Waals surface area contributed by atoms with Gasteiger partial charge in [-0.15, -0.1) is 11.8 Å². The molecular weight excluding hydrogens is 465 g/mol. The van der Waals surface area contributed by atoms with Crippen LogP contribution in [0.15, 0.2) is 35.4 Å². The SMILES string of the molecule is COCC(C)(C)C(=O)n1nc(C2CN(S(C)(=O)=O)CCC2C)cc1SCc1ccc(F)cc1. The van der Waals surface area contributed by atoms with E-state index in [-0.39, 0.29) is 30.2 Å². The lowest BCUT2D eigenvalue weighted by Crippen LogP contribution is -2.41. The molecule has 182 valence electrons. The van der Waals surface area contributed by atoms with Crippen molar-refractivity contribution in [3.63, 3.8) is 0 Å². The standard InChI is InChI=1S/C23H32FN3O4S2/c1-16-10-11-26(33(5,29)30)13-19(16)20-12-21(32-14-17-6-8-18(24)9-7-17)27(25-20)22(28)23(2,3)15-31-4/h6-9,12,16,19H,10-11,13-15H2,1-5H3. The van der Waals surface area contributed by atoms with Crippen LogP contribution < -0.4 is 0 Å². The molecule has 1 aromatic heterocycles. The Bertz CT molecular complexity index is 1080. The van der Waals surface area contributed by atoms with E-state index in [0.717, 1.165) is 12.0 Å². The van der Waals surface area contributed by atoms with Crippen molar-refractivity contribution in [1.82, 2.24) is 14.1 Å². The predicted octanol–water partition coefficient (Wildman–Crippen LogP) is 4.01. The number of aromatic nitrogens is 2. The van der Waals surface area contributed by atoms with Gasteiger partial charge < -0.3 is 4.74 Å². The van der Waals surface area contributed by atoms with Crippen molar-refractivity contribution in [3.8, 4) is 0 Å². The molecule has 0 saturated carbocycles. The molecule has 0 N–H and O–H groups in total. The zero-order valence-corrected chi connectivity index (χ0v) is 21.4. The minimum absolute atomic E-state index is 0.113. The molecule has 2 aromatic rings. The van der Waals surface area contributed by atoms with Crippen molar-refractivity contribution >= 4 is 27.7 Å². The Balaban J connectivity index is 1.94. The van der Waals surface area contributed by atoms with Crippen LogP contribution in [0.25, 0.3) is 0 Å². The van der Waals surface area contributed by atoms with Gasteiger partial charge in [-0.05, 0) is 49.9 Å². The van der Waals surface area contributed by atoms with E-state index >= 15 is 0 Å². The van der Waals surface area contributed by atoms with Crippen molar-refractivity contribution < 1.29 is 22.3 Å². The fourth-order valence-electron chi connectivity index (χ4n) is 3.98. The summed E-state index contributed by atoms with van der Waals surface area (Å²) in [7, 11) is -1.76. The first-order valence-corrected chi connectivity index (χ1v) is 13.7. The second-order valence-corrected chi connectivity index (χ2v) is 12.3. The number of halogens is 1. The second kappa shape index (κ2) is 10.2. The Morgan fingerprint density at radius 3 is 2.58 bits per heavy atom. The van der Waals surface area contributed by atoms with E-state index in [9.17, 15) is 17.6 Å². The largest absolute Gasteiger partial charge is 0.384 e. The molecule has 1 aliphatic heterocycles. The van der Waals surface area contributed by atoms with Crippen molar-refractivity contribution in [2.45, 2.75) is 43.9 Å². The number of carbonyl (C=O) groups is 1. The minimum atomic E-state index is -3.31. The van der Waals surface area contributed by atoms with Gasteiger partial charge in [0.25, 0.3) is 5.91 Å². The fraction of sp³-hybridized carbons (Fsp3) is 0.565. The molecule has 0 amide bonds. The van der Waals surface area contributed by atoms with Crippen LogP contribution in [0.3, 0.4) is 0 Å². The molecule has 0 bridgehead atoms. The van der Waals surface area contributed by atoms with E-state index in [1.54, 1.807) is 19.2 Å². The lowest BCUT2D eigenvalue weighted by Gasteiger charge is -2.34. The van der Waals surface area contributed by atoms with Gasteiger partial charge in [-0.1, -0.05) is 19.1 Å². The van der Waals surface area contributed by atoms with E-state index in [2.05, 4.69) is 12.0 Å². The average molecular weight is 498 g/mol. The zero-order chi connectivity index (χ0) is 24.4. The zero-order valence-electron chi connectivity index (χ0n) is 19.7. The molecule has 2 heterocycles. The molecule has 0 aliphatic carbocycles. The highest BCUT2D eigenvalue weighted by atomic mass is 32.2. The highest BCUT2D eigenvalue weighted by Gasteiger charge is 2.36. The van der Waals surface area contributed by atoms with E-state index in [0.29, 0.717) is 29.6 Å². The van der Waals surface area contributed by atoms with Crippen molar-refractivity contribution in [2.75, 3.05) is 33.1 Å². The van der Waals surface area contributed by atoms with E-state index in [4.69, 9.17) is 4.74 Å². The Kier molecular flexibility index (Phi) is 8.03. The summed E-state index contributed by atoms with van der Waals surface area (Å²) in [4.78, 5) is 13.4. The topological polar surface area (TPSA) is 81.5 Å². The summed E-state index contributed by atoms with van der Waals surface area (Å²) in [6.45, 7) is 6.78. The number of benzene rings is 1. The number of methoxy groups -OCH3 is 1. The summed E-state index contributed by atoms with van der Waals surface area (Å²) >= 11 is 1.45. The maximum Gasteiger partial charge on any atom is 0.255 e. The Morgan fingerprint density at radius 1 is 1.30 bits per heavy atom. The molecular formula is C23H32FN3O4S2. The van der Waals surface area contributed by atoms with E-state index in [1.807, 2.05) is 19.9 Å². The molecule has 10 heteroatoms. The number of hydrogen-bond donors (Lipinski definition) is 0. The molecule has 33 heavy (non-hydrogen) atoms. The van der Waals surface area contributed by atoms with Gasteiger partial charge in [0.2, 0.25) is 10.0 Å². The minimum Gasteiger partial charge on any atom is -0.384 e. The summed E-state index contributed by atoms with van der Waals surface area (Å²) in [6, 6.07) is 8.15. The highest BCUT2D eigenvalue weighted by molar-refractivity contribution is 7.98. The smallest absolute Gasteiger partial charge is 0.255 e. The summed E-state index contributed by atoms with van der Waals surface area (Å²) < 4.78 is 45.7. The second-order valence-electron chi connectivity index (χ2n) is 9.35. The van der Waals surface area contributed by atoms with Gasteiger partial charge in [0.1, 0.15) is 10.8 Å². The molecule has 0 spiro atoms. The van der Waals surface area contributed by atoms with Crippen molar-refractivity contribution in [3.05, 3.63) is 47.4 Å². The summed E-state index contributed by atoms with van der Waals surface area (Å²) in [5.41, 5.74) is 0.841. The van der Waals surface area contributed by atoms with Gasteiger partial charge in [0.05, 0.1) is 24.0 Å². The molecule has 1 saturated heterocycles. The van der Waals surface area contributed by atoms with Crippen LogP contribution in [0.5, 0.6) is 0 Å². The number of sulfonamides is 1. The van der Waals surface area contributed by atoms with E-state index in [1.165, 1.54) is 39.1 Å². The van der Waals surface area contributed by atoms with Crippen molar-refractivity contribution in [2.24, 2.45) is 11.3 Å². The third-order valence-corrected chi connectivity index (χ3v) is 8.38. The monoisotopic (exact) mass is 497 g/mol. The van der Waals surface area contributed by atoms with Gasteiger partial charge in [-0.25, -0.2) is 17.1 Å². The van der Waals surface area contributed by atoms with Crippen LogP contribution in [-0.4, -0.2) is 61.5 Å². The summed E-state index contributed by atoms with van der Waals surface area (Å²) in [6.07, 6.45) is 1.95. The van der Waals surface area contributed by atoms with Crippen molar-refractivity contribution in [1.29, 1.82) is 0 Å². The number of hydrogen-bond acceptors (Lipinski definition) is 6. The van der Waals surface area contributed by atoms with Gasteiger partial charge in [-0.2, -0.15) is 9.78 Å². The Hall–Kier alpha value is -1.75. The number of ether oxygens (including phenoxy) is 1. The van der Waals surface area contributed by atoms with E-state index < -0.39 is 15.4 Å². The molecule has 1 aliphatic rings. The van der Waals surface area contributed by atoms with Crippen LogP contribution in [0.4, 0.5) is 4.39 Å². The maximum atomic E-state index is 13.4. The number of nitrogens with zero attached hydrogens (tertiary/aromatic N) is 3. The van der Waals surface area contributed by atoms with Crippen LogP contribution in [-0.2, 0) is 20.5 Å². The first-order chi connectivity index (χ1) is 15.4. The first kappa shape index (κ1) is 25.9. The van der Waals surface area contributed by atoms with Crippen LogP contribution in [0, 0.1) is 17.2 Å². The van der Waals surface area contributed by atoms with Crippen LogP contribution >= 0.6 is 11.8 Å². The molecule has 7 nitrogen and oxygen atoms in total. The van der Waals surface area contributed by atoms with Gasteiger partial charge >= 0.3 is 0 Å². The Labute approximate surface area is 199 Å². The third kappa shape index (κ3) is 6.23. The number of piperidine rings is 1. The number of rotatable bonds is 8. The molecule has 2 unspecified atom stereocenters. The molecule has 0 radical (unpaired) electrons. The normalized spacial score (nSPS) is 20.2. The average Bonchev–Trinajstić information content (AvgIpc) is 3.16. The molecule has 1 aromatic carbocycles. The Morgan fingerprint density at radius 2 is 1.97 bits per heavy atom. The van der Waals surface area contributed by atoms with Crippen LogP contribution in [0.1, 0.15) is 49.2 Å². The van der Waals surface area contributed by atoms with Gasteiger partial charge in [-0.3, -0.25) is 4.79 Å². The molecule has 3 rings (SSSR count). The summed E-state index contributed by atoms with van der Waals surface area (Å²) in [5.74, 6) is 0.163. The maximum absolute atomic E-state index is 13.4. The predicted molar refractivity (Wildman–Crippen MR) is 127 cm³/mol. The number of carbonyl (C=O) groups excluding carboxylic acids is 1. The summed E-state index contributed by atoms with van der Waals surface area (Å²) in [5, 5.41) is 5.36. The quantitative estimate of drug-likeness (QED) is 0.513. The van der Waals surface area contributed by atoms with Gasteiger partial charge in [0.15, 0.2) is 0 Å². The lowest BCUT2D eigenvalue weighted by molar-refractivity contribution is 0.0513. The fourth-order valence-corrected chi connectivity index (χ4v) is 5.81. The molecule has 2 atom stereocenters. The van der Waals surface area contributed by atoms with Gasteiger partial charge in [0, 0.05) is 31.9 Å². The molecule has 1 fully saturated rings. The lowest BCUT2D eigenvalue weighted by atomic mass is 9.86. The van der Waals surface area contributed by atoms with Crippen LogP contribution in [0.2, 0.25) is 0 Å².